The van der Waals surface area contributed by atoms with Crippen molar-refractivity contribution in [3.8, 4) is 11.3 Å². The molecule has 4 aromatic rings. The molecule has 10 heteroatoms. The number of nitrogens with zero attached hydrogens (tertiary/aromatic N) is 6. The Balaban J connectivity index is 1.15. The molecule has 2 aliphatic rings. The summed E-state index contributed by atoms with van der Waals surface area (Å²) in [6, 6.07) is 9.54. The van der Waals surface area contributed by atoms with Crippen LogP contribution in [-0.4, -0.2) is 67.0 Å². The second-order valence-corrected chi connectivity index (χ2v) is 9.49. The number of hydrogen-bond donors (Lipinski definition) is 2. The van der Waals surface area contributed by atoms with Crippen molar-refractivity contribution in [2.45, 2.75) is 32.2 Å². The number of amides is 1. The first-order chi connectivity index (χ1) is 17.5. The van der Waals surface area contributed by atoms with Crippen LogP contribution in [0.4, 0.5) is 16.2 Å². The van der Waals surface area contributed by atoms with E-state index in [0.717, 1.165) is 67.7 Å². The molecule has 0 atom stereocenters. The average Bonchev–Trinajstić information content (AvgIpc) is 3.65. The molecule has 1 aromatic carbocycles. The molecule has 2 fully saturated rings. The maximum absolute atomic E-state index is 14.7. The summed E-state index contributed by atoms with van der Waals surface area (Å²) in [5.74, 6) is 1.02. The first-order valence-corrected chi connectivity index (χ1v) is 12.2. The zero-order valence-corrected chi connectivity index (χ0v) is 20.0. The van der Waals surface area contributed by atoms with Crippen LogP contribution in [0.1, 0.15) is 36.9 Å². The van der Waals surface area contributed by atoms with Crippen molar-refractivity contribution >= 4 is 28.6 Å². The number of piperazine rings is 1. The second-order valence-electron chi connectivity index (χ2n) is 9.49. The fraction of sp³-hybridized carbons (Fsp3) is 0.346. The predicted octanol–water partition coefficient (Wildman–Crippen LogP) is 3.84. The summed E-state index contributed by atoms with van der Waals surface area (Å²) in [6.45, 7) is 5.58. The highest BCUT2D eigenvalue weighted by molar-refractivity contribution is 5.87. The van der Waals surface area contributed by atoms with Crippen LogP contribution in [0.25, 0.3) is 22.2 Å². The first-order valence-electron chi connectivity index (χ1n) is 12.2. The molecule has 36 heavy (non-hydrogen) atoms. The predicted molar refractivity (Wildman–Crippen MR) is 134 cm³/mol. The number of H-pyrrole nitrogens is 1. The molecule has 9 nitrogen and oxygen atoms in total. The van der Waals surface area contributed by atoms with Gasteiger partial charge in [0.25, 0.3) is 0 Å². The van der Waals surface area contributed by atoms with Crippen LogP contribution in [0.2, 0.25) is 0 Å². The second kappa shape index (κ2) is 9.27. The van der Waals surface area contributed by atoms with Gasteiger partial charge in [-0.1, -0.05) is 12.1 Å². The standard InChI is InChI=1S/C26H27FN8O/c1-16(36)35-10-8-34(9-11-35)15-17-2-7-23(28-13-17)30-26-29-14-21(27)25(31-26)19-5-6-22-20(12-19)24(33-32-22)18-3-4-18/h2,5-7,12-14,18H,3-4,8-11,15H2,1H3,(H,32,33)(H,28,29,30,31). The Bertz CT molecular complexity index is 1410. The molecule has 6 rings (SSSR count). The van der Waals surface area contributed by atoms with E-state index in [4.69, 9.17) is 0 Å². The lowest BCUT2D eigenvalue weighted by Gasteiger charge is -2.34. The highest BCUT2D eigenvalue weighted by atomic mass is 19.1. The van der Waals surface area contributed by atoms with Gasteiger partial charge in [-0.05, 0) is 36.6 Å². The van der Waals surface area contributed by atoms with Crippen molar-refractivity contribution in [1.82, 2.24) is 34.9 Å². The molecule has 1 aliphatic heterocycles. The third kappa shape index (κ3) is 4.64. The SMILES string of the molecule is CC(=O)N1CCN(Cc2ccc(Nc3ncc(F)c(-c4ccc5n[nH]c(C6CC6)c5c4)n3)nc2)CC1. The molecule has 1 saturated heterocycles. The van der Waals surface area contributed by atoms with Gasteiger partial charge >= 0.3 is 0 Å². The highest BCUT2D eigenvalue weighted by Gasteiger charge is 2.27. The molecule has 0 spiro atoms. The molecule has 1 saturated carbocycles. The van der Waals surface area contributed by atoms with Gasteiger partial charge in [0.2, 0.25) is 11.9 Å². The van der Waals surface area contributed by atoms with Crippen molar-refractivity contribution in [3.63, 3.8) is 0 Å². The summed E-state index contributed by atoms with van der Waals surface area (Å²) in [6.07, 6.45) is 5.30. The van der Waals surface area contributed by atoms with Crippen LogP contribution >= 0.6 is 0 Å². The number of rotatable bonds is 6. The minimum Gasteiger partial charge on any atom is -0.340 e. The average molecular weight is 487 g/mol. The number of aromatic amines is 1. The monoisotopic (exact) mass is 486 g/mol. The van der Waals surface area contributed by atoms with Gasteiger partial charge in [0.15, 0.2) is 5.82 Å². The number of nitrogens with one attached hydrogen (secondary N) is 2. The van der Waals surface area contributed by atoms with Crippen LogP contribution in [0.15, 0.2) is 42.7 Å². The molecule has 0 unspecified atom stereocenters. The number of aromatic nitrogens is 5. The fourth-order valence-electron chi connectivity index (χ4n) is 4.68. The van der Waals surface area contributed by atoms with E-state index in [2.05, 4.69) is 35.4 Å². The van der Waals surface area contributed by atoms with Gasteiger partial charge in [-0.15, -0.1) is 0 Å². The minimum atomic E-state index is -0.482. The maximum atomic E-state index is 14.7. The Kier molecular flexibility index (Phi) is 5.80. The van der Waals surface area contributed by atoms with Gasteiger partial charge in [0.1, 0.15) is 11.5 Å². The number of benzene rings is 1. The number of halogens is 1. The van der Waals surface area contributed by atoms with Crippen LogP contribution in [0.5, 0.6) is 0 Å². The summed E-state index contributed by atoms with van der Waals surface area (Å²) in [5.41, 5.74) is 3.99. The summed E-state index contributed by atoms with van der Waals surface area (Å²) < 4.78 is 14.7. The molecule has 2 N–H and O–H groups in total. The van der Waals surface area contributed by atoms with Crippen molar-refractivity contribution < 1.29 is 9.18 Å². The Labute approximate surface area is 207 Å². The van der Waals surface area contributed by atoms with Crippen molar-refractivity contribution in [2.75, 3.05) is 31.5 Å². The van der Waals surface area contributed by atoms with Crippen LogP contribution in [-0.2, 0) is 11.3 Å². The zero-order valence-electron chi connectivity index (χ0n) is 20.0. The third-order valence-electron chi connectivity index (χ3n) is 6.88. The molecule has 184 valence electrons. The quantitative estimate of drug-likeness (QED) is 0.427. The molecular weight excluding hydrogens is 459 g/mol. The molecule has 3 aromatic heterocycles. The molecular formula is C26H27FN8O. The maximum Gasteiger partial charge on any atom is 0.229 e. The van der Waals surface area contributed by atoms with Gasteiger partial charge in [-0.2, -0.15) is 5.10 Å². The summed E-state index contributed by atoms with van der Waals surface area (Å²) >= 11 is 0. The molecule has 1 amide bonds. The number of anilines is 2. The molecule has 1 aliphatic carbocycles. The van der Waals surface area contributed by atoms with Crippen molar-refractivity contribution in [1.29, 1.82) is 0 Å². The molecule has 0 radical (unpaired) electrons. The van der Waals surface area contributed by atoms with Crippen LogP contribution < -0.4 is 5.32 Å². The summed E-state index contributed by atoms with van der Waals surface area (Å²) in [7, 11) is 0. The smallest absolute Gasteiger partial charge is 0.229 e. The van der Waals surface area contributed by atoms with Crippen molar-refractivity contribution in [3.05, 3.63) is 59.8 Å². The summed E-state index contributed by atoms with van der Waals surface area (Å²) in [4.78, 5) is 28.7. The highest BCUT2D eigenvalue weighted by Crippen LogP contribution is 2.42. The first kappa shape index (κ1) is 22.5. The lowest BCUT2D eigenvalue weighted by molar-refractivity contribution is -0.130. The van der Waals surface area contributed by atoms with E-state index >= 15 is 0 Å². The number of carbonyl (C=O) groups is 1. The lowest BCUT2D eigenvalue weighted by Crippen LogP contribution is -2.47. The normalized spacial score (nSPS) is 16.4. The number of carbonyl (C=O) groups excluding carboxylic acids is 1. The largest absolute Gasteiger partial charge is 0.340 e. The van der Waals surface area contributed by atoms with E-state index in [-0.39, 0.29) is 17.5 Å². The number of fused-ring (bicyclic) bond motifs is 1. The van der Waals surface area contributed by atoms with Gasteiger partial charge < -0.3 is 10.2 Å². The Morgan fingerprint density at radius 1 is 1.11 bits per heavy atom. The Morgan fingerprint density at radius 3 is 2.67 bits per heavy atom. The summed E-state index contributed by atoms with van der Waals surface area (Å²) in [5, 5.41) is 11.6. The van der Waals surface area contributed by atoms with Crippen LogP contribution in [0.3, 0.4) is 0 Å². The Hall–Kier alpha value is -3.92. The molecule has 4 heterocycles. The van der Waals surface area contributed by atoms with E-state index in [1.54, 1.807) is 6.92 Å². The van der Waals surface area contributed by atoms with Gasteiger partial charge in [-0.25, -0.2) is 19.3 Å². The molecule has 0 bridgehead atoms. The van der Waals surface area contributed by atoms with Gasteiger partial charge in [0, 0.05) is 68.4 Å². The van der Waals surface area contributed by atoms with Gasteiger partial charge in [0.05, 0.1) is 11.7 Å². The lowest BCUT2D eigenvalue weighted by atomic mass is 10.1. The van der Waals surface area contributed by atoms with E-state index in [1.807, 2.05) is 41.4 Å². The van der Waals surface area contributed by atoms with Gasteiger partial charge in [-0.3, -0.25) is 14.8 Å². The number of pyridine rings is 1. The van der Waals surface area contributed by atoms with Crippen LogP contribution in [0, 0.1) is 5.82 Å². The van der Waals surface area contributed by atoms with Crippen molar-refractivity contribution in [2.24, 2.45) is 0 Å². The van der Waals surface area contributed by atoms with E-state index in [9.17, 15) is 9.18 Å². The third-order valence-corrected chi connectivity index (χ3v) is 6.88. The fourth-order valence-corrected chi connectivity index (χ4v) is 4.68. The number of hydrogen-bond acceptors (Lipinski definition) is 7. The minimum absolute atomic E-state index is 0.128. The van der Waals surface area contributed by atoms with E-state index in [0.29, 0.717) is 17.3 Å². The Morgan fingerprint density at radius 2 is 1.94 bits per heavy atom. The van der Waals surface area contributed by atoms with E-state index in [1.165, 1.54) is 6.20 Å². The van der Waals surface area contributed by atoms with E-state index < -0.39 is 5.82 Å². The topological polar surface area (TPSA) is 103 Å². The zero-order chi connectivity index (χ0) is 24.6.